The van der Waals surface area contributed by atoms with Gasteiger partial charge in [0.2, 0.25) is 0 Å². The fourth-order valence-electron chi connectivity index (χ4n) is 4.19. The number of aliphatic hydroxyl groups is 1. The summed E-state index contributed by atoms with van der Waals surface area (Å²) in [5, 5.41) is 10.7. The molecule has 2 heteroatoms. The molecule has 144 valence electrons. The second kappa shape index (κ2) is 8.99. The maximum Gasteiger partial charge on any atom is 0.157 e. The molecule has 0 spiro atoms. The Morgan fingerprint density at radius 3 is 1.36 bits per heavy atom. The summed E-state index contributed by atoms with van der Waals surface area (Å²) in [7, 11) is 0. The predicted molar refractivity (Wildman–Crippen MR) is 114 cm³/mol. The molecule has 3 aromatic carbocycles. The summed E-state index contributed by atoms with van der Waals surface area (Å²) < 4.78 is 0. The molecule has 0 fully saturated rings. The normalized spacial score (nSPS) is 13.7. The van der Waals surface area contributed by atoms with Crippen molar-refractivity contribution in [1.29, 1.82) is 0 Å². The van der Waals surface area contributed by atoms with E-state index in [2.05, 4.69) is 0 Å². The van der Waals surface area contributed by atoms with E-state index >= 15 is 0 Å². The Balaban J connectivity index is 2.36. The third-order valence-corrected chi connectivity index (χ3v) is 5.65. The molecule has 3 rings (SSSR count). The standard InChI is InChI=1S/C26H28O2/c1-3-23(24(27)4-2)25(28)26(20-14-8-5-9-15-20,21-16-10-6-11-17-21)22-18-12-7-13-19-22/h5-19,23-24,27H,3-4H2,1-2H3. The Morgan fingerprint density at radius 1 is 0.714 bits per heavy atom. The highest BCUT2D eigenvalue weighted by atomic mass is 16.3. The van der Waals surface area contributed by atoms with Crippen LogP contribution in [0.5, 0.6) is 0 Å². The quantitative estimate of drug-likeness (QED) is 0.539. The van der Waals surface area contributed by atoms with E-state index in [0.29, 0.717) is 12.8 Å². The van der Waals surface area contributed by atoms with Crippen LogP contribution in [0.1, 0.15) is 43.4 Å². The number of carbonyl (C=O) groups is 1. The lowest BCUT2D eigenvalue weighted by atomic mass is 9.63. The van der Waals surface area contributed by atoms with E-state index in [1.807, 2.05) is 105 Å². The van der Waals surface area contributed by atoms with Crippen LogP contribution in [-0.4, -0.2) is 17.0 Å². The van der Waals surface area contributed by atoms with Crippen LogP contribution in [0, 0.1) is 5.92 Å². The van der Waals surface area contributed by atoms with Crippen molar-refractivity contribution in [2.45, 2.75) is 38.2 Å². The van der Waals surface area contributed by atoms with Gasteiger partial charge in [-0.15, -0.1) is 0 Å². The average molecular weight is 373 g/mol. The van der Waals surface area contributed by atoms with Gasteiger partial charge in [0.25, 0.3) is 0 Å². The average Bonchev–Trinajstić information content (AvgIpc) is 2.77. The van der Waals surface area contributed by atoms with Crippen molar-refractivity contribution in [3.8, 4) is 0 Å². The molecule has 0 aliphatic carbocycles. The summed E-state index contributed by atoms with van der Waals surface area (Å²) in [4.78, 5) is 14.2. The Bertz CT molecular complexity index is 775. The summed E-state index contributed by atoms with van der Waals surface area (Å²) >= 11 is 0. The van der Waals surface area contributed by atoms with Gasteiger partial charge in [-0.1, -0.05) is 105 Å². The number of ketones is 1. The minimum atomic E-state index is -0.958. The highest BCUT2D eigenvalue weighted by Crippen LogP contribution is 2.43. The van der Waals surface area contributed by atoms with Crippen LogP contribution in [0.15, 0.2) is 91.0 Å². The van der Waals surface area contributed by atoms with E-state index < -0.39 is 17.4 Å². The van der Waals surface area contributed by atoms with Crippen LogP contribution in [0.3, 0.4) is 0 Å². The number of aliphatic hydroxyl groups excluding tert-OH is 1. The van der Waals surface area contributed by atoms with E-state index in [1.165, 1.54) is 0 Å². The van der Waals surface area contributed by atoms with Gasteiger partial charge in [-0.2, -0.15) is 0 Å². The number of carbonyl (C=O) groups excluding carboxylic acids is 1. The smallest absolute Gasteiger partial charge is 0.157 e. The van der Waals surface area contributed by atoms with Crippen LogP contribution < -0.4 is 0 Å². The van der Waals surface area contributed by atoms with E-state index in [0.717, 1.165) is 16.7 Å². The number of hydrogen-bond acceptors (Lipinski definition) is 2. The highest BCUT2D eigenvalue weighted by Gasteiger charge is 2.47. The van der Waals surface area contributed by atoms with Gasteiger partial charge in [0, 0.05) is 5.92 Å². The van der Waals surface area contributed by atoms with Gasteiger partial charge < -0.3 is 5.11 Å². The largest absolute Gasteiger partial charge is 0.392 e. The van der Waals surface area contributed by atoms with Crippen molar-refractivity contribution in [1.82, 2.24) is 0 Å². The van der Waals surface area contributed by atoms with Crippen molar-refractivity contribution in [2.75, 3.05) is 0 Å². The van der Waals surface area contributed by atoms with Crippen molar-refractivity contribution < 1.29 is 9.90 Å². The molecule has 1 N–H and O–H groups in total. The van der Waals surface area contributed by atoms with Gasteiger partial charge in [-0.3, -0.25) is 4.79 Å². The summed E-state index contributed by atoms with van der Waals surface area (Å²) in [5.74, 6) is -0.390. The van der Waals surface area contributed by atoms with Gasteiger partial charge in [0.05, 0.1) is 6.10 Å². The zero-order valence-electron chi connectivity index (χ0n) is 16.6. The molecule has 0 amide bonds. The molecule has 0 aliphatic heterocycles. The molecule has 0 bridgehead atoms. The summed E-state index contributed by atoms with van der Waals surface area (Å²) in [6.07, 6.45) is 0.494. The molecule has 3 aromatic rings. The molecule has 28 heavy (non-hydrogen) atoms. The third kappa shape index (κ3) is 3.53. The van der Waals surface area contributed by atoms with E-state index in [1.54, 1.807) is 0 Å². The summed E-state index contributed by atoms with van der Waals surface area (Å²) in [6, 6.07) is 29.8. The lowest BCUT2D eigenvalue weighted by Crippen LogP contribution is -2.45. The Labute approximate surface area is 167 Å². The van der Waals surface area contributed by atoms with Crippen molar-refractivity contribution in [3.05, 3.63) is 108 Å². The van der Waals surface area contributed by atoms with E-state index in [-0.39, 0.29) is 5.78 Å². The van der Waals surface area contributed by atoms with Crippen molar-refractivity contribution >= 4 is 5.78 Å². The molecule has 0 aliphatic rings. The fourth-order valence-corrected chi connectivity index (χ4v) is 4.19. The molecule has 2 nitrogen and oxygen atoms in total. The second-order valence-electron chi connectivity index (χ2n) is 7.20. The molecular weight excluding hydrogens is 344 g/mol. The Kier molecular flexibility index (Phi) is 6.43. The first kappa shape index (κ1) is 20.0. The molecular formula is C26H28O2. The Morgan fingerprint density at radius 2 is 1.07 bits per heavy atom. The van der Waals surface area contributed by atoms with Gasteiger partial charge in [0.1, 0.15) is 5.41 Å². The first-order valence-electron chi connectivity index (χ1n) is 10.0. The molecule has 0 saturated heterocycles. The lowest BCUT2D eigenvalue weighted by Gasteiger charge is -2.38. The van der Waals surface area contributed by atoms with Crippen LogP contribution in [-0.2, 0) is 10.2 Å². The number of benzene rings is 3. The van der Waals surface area contributed by atoms with Crippen LogP contribution in [0.4, 0.5) is 0 Å². The summed E-state index contributed by atoms with van der Waals surface area (Å²) in [6.45, 7) is 3.91. The topological polar surface area (TPSA) is 37.3 Å². The van der Waals surface area contributed by atoms with Crippen LogP contribution in [0.25, 0.3) is 0 Å². The minimum Gasteiger partial charge on any atom is -0.392 e. The van der Waals surface area contributed by atoms with E-state index in [9.17, 15) is 9.90 Å². The predicted octanol–water partition coefficient (Wildman–Crippen LogP) is 5.39. The minimum absolute atomic E-state index is 0.0490. The lowest BCUT2D eigenvalue weighted by molar-refractivity contribution is -0.129. The number of hydrogen-bond donors (Lipinski definition) is 1. The number of rotatable bonds is 8. The van der Waals surface area contributed by atoms with Gasteiger partial charge in [-0.25, -0.2) is 0 Å². The zero-order valence-corrected chi connectivity index (χ0v) is 16.6. The van der Waals surface area contributed by atoms with Gasteiger partial charge in [0.15, 0.2) is 5.78 Å². The number of Topliss-reactive ketones (excluding diaryl/α,β-unsaturated/α-hetero) is 1. The molecule has 0 heterocycles. The molecule has 0 radical (unpaired) electrons. The van der Waals surface area contributed by atoms with Gasteiger partial charge in [-0.05, 0) is 29.5 Å². The van der Waals surface area contributed by atoms with E-state index in [4.69, 9.17) is 0 Å². The first-order valence-corrected chi connectivity index (χ1v) is 10.0. The summed E-state index contributed by atoms with van der Waals surface area (Å²) in [5.41, 5.74) is 1.83. The SMILES string of the molecule is CCC(O)C(CC)C(=O)C(c1ccccc1)(c1ccccc1)c1ccccc1. The van der Waals surface area contributed by atoms with Crippen molar-refractivity contribution in [2.24, 2.45) is 5.92 Å². The molecule has 2 atom stereocenters. The Hall–Kier alpha value is -2.71. The highest BCUT2D eigenvalue weighted by molar-refractivity contribution is 5.99. The monoisotopic (exact) mass is 372 g/mol. The maximum atomic E-state index is 14.2. The molecule has 0 saturated carbocycles. The van der Waals surface area contributed by atoms with Crippen molar-refractivity contribution in [3.63, 3.8) is 0 Å². The van der Waals surface area contributed by atoms with Gasteiger partial charge >= 0.3 is 0 Å². The van der Waals surface area contributed by atoms with Crippen LogP contribution >= 0.6 is 0 Å². The fraction of sp³-hybridized carbons (Fsp3) is 0.269. The maximum absolute atomic E-state index is 14.2. The zero-order chi connectivity index (χ0) is 20.0. The third-order valence-electron chi connectivity index (χ3n) is 5.65. The second-order valence-corrected chi connectivity index (χ2v) is 7.20. The van der Waals surface area contributed by atoms with Crippen LogP contribution in [0.2, 0.25) is 0 Å². The molecule has 0 aromatic heterocycles. The first-order chi connectivity index (χ1) is 13.7. The molecule has 2 unspecified atom stereocenters.